The maximum absolute atomic E-state index is 12.0. The molecule has 0 atom stereocenters. The molecular weight excluding hydrogens is 234 g/mol. The highest BCUT2D eigenvalue weighted by Gasteiger charge is 2.10. The molecule has 0 aliphatic heterocycles. The predicted molar refractivity (Wildman–Crippen MR) is 68.5 cm³/mol. The van der Waals surface area contributed by atoms with Crippen LogP contribution in [0.3, 0.4) is 0 Å². The number of aromatic nitrogens is 1. The average molecular weight is 246 g/mol. The van der Waals surface area contributed by atoms with E-state index in [1.54, 1.807) is 18.3 Å². The summed E-state index contributed by atoms with van der Waals surface area (Å²) in [6.45, 7) is 1.89. The maximum atomic E-state index is 12.0. The Labute approximate surface area is 105 Å². The topological polar surface area (TPSA) is 30.0 Å². The minimum absolute atomic E-state index is 0.0189. The zero-order valence-corrected chi connectivity index (χ0v) is 10.2. The average Bonchev–Trinajstić information content (AvgIpc) is 2.29. The Bertz CT molecular complexity index is 551. The molecule has 0 unspecified atom stereocenters. The maximum Gasteiger partial charge on any atom is 0.185 e. The molecule has 3 heteroatoms. The fraction of sp³-hybridized carbons (Fsp3) is 0.143. The number of halogens is 1. The highest BCUT2D eigenvalue weighted by molar-refractivity contribution is 6.30. The number of Topliss-reactive ketones (excluding diaryl/α,β-unsaturated/α-hetero) is 1. The van der Waals surface area contributed by atoms with E-state index in [2.05, 4.69) is 4.98 Å². The second kappa shape index (κ2) is 5.11. The molecule has 2 aromatic rings. The van der Waals surface area contributed by atoms with Gasteiger partial charge in [0.1, 0.15) is 5.69 Å². The van der Waals surface area contributed by atoms with Crippen molar-refractivity contribution < 1.29 is 4.79 Å². The van der Waals surface area contributed by atoms with Crippen molar-refractivity contribution in [1.29, 1.82) is 0 Å². The fourth-order valence-electron chi connectivity index (χ4n) is 1.69. The molecule has 1 aromatic heterocycles. The molecule has 0 amide bonds. The fourth-order valence-corrected chi connectivity index (χ4v) is 1.91. The van der Waals surface area contributed by atoms with Crippen molar-refractivity contribution in [3.05, 3.63) is 64.4 Å². The number of carbonyl (C=O) groups excluding carboxylic acids is 1. The molecule has 86 valence electrons. The van der Waals surface area contributed by atoms with E-state index in [1.807, 2.05) is 31.2 Å². The molecule has 1 aromatic carbocycles. The lowest BCUT2D eigenvalue weighted by molar-refractivity contribution is 0.0987. The minimum Gasteiger partial charge on any atom is -0.292 e. The largest absolute Gasteiger partial charge is 0.292 e. The normalized spacial score (nSPS) is 10.2. The zero-order chi connectivity index (χ0) is 12.3. The molecule has 0 fully saturated rings. The first-order chi connectivity index (χ1) is 8.16. The summed E-state index contributed by atoms with van der Waals surface area (Å²) in [6.07, 6.45) is 1.97. The summed E-state index contributed by atoms with van der Waals surface area (Å²) in [6, 6.07) is 11.0. The van der Waals surface area contributed by atoms with Gasteiger partial charge in [-0.15, -0.1) is 0 Å². The van der Waals surface area contributed by atoms with Crippen molar-refractivity contribution in [2.75, 3.05) is 0 Å². The first-order valence-corrected chi connectivity index (χ1v) is 5.74. The van der Waals surface area contributed by atoms with E-state index < -0.39 is 0 Å². The highest BCUT2D eigenvalue weighted by atomic mass is 35.5. The summed E-state index contributed by atoms with van der Waals surface area (Å²) >= 11 is 5.88. The Kier molecular flexibility index (Phi) is 3.55. The number of aryl methyl sites for hydroxylation is 1. The summed E-state index contributed by atoms with van der Waals surface area (Å²) in [5, 5.41) is 0.646. The van der Waals surface area contributed by atoms with Gasteiger partial charge in [0, 0.05) is 17.6 Å². The molecule has 0 radical (unpaired) electrons. The lowest BCUT2D eigenvalue weighted by Gasteiger charge is -2.04. The van der Waals surface area contributed by atoms with Gasteiger partial charge in [-0.3, -0.25) is 9.78 Å². The summed E-state index contributed by atoms with van der Waals surface area (Å²) in [7, 11) is 0. The number of rotatable bonds is 3. The number of nitrogens with zero attached hydrogens (tertiary/aromatic N) is 1. The summed E-state index contributed by atoms with van der Waals surface area (Å²) in [5.41, 5.74) is 2.35. The van der Waals surface area contributed by atoms with Crippen molar-refractivity contribution >= 4 is 17.4 Å². The molecular formula is C14H12ClNO. The van der Waals surface area contributed by atoms with E-state index in [-0.39, 0.29) is 5.78 Å². The SMILES string of the molecule is Cc1cccnc1C(=O)Cc1cccc(Cl)c1. The summed E-state index contributed by atoms with van der Waals surface area (Å²) in [4.78, 5) is 16.2. The van der Waals surface area contributed by atoms with Crippen LogP contribution >= 0.6 is 11.6 Å². The molecule has 0 aliphatic rings. The van der Waals surface area contributed by atoms with Crippen LogP contribution in [0.5, 0.6) is 0 Å². The van der Waals surface area contributed by atoms with Crippen LogP contribution in [0.1, 0.15) is 21.6 Å². The molecule has 2 rings (SSSR count). The number of hydrogen-bond acceptors (Lipinski definition) is 2. The van der Waals surface area contributed by atoms with Crippen LogP contribution in [0.4, 0.5) is 0 Å². The third-order valence-electron chi connectivity index (χ3n) is 2.53. The van der Waals surface area contributed by atoms with Gasteiger partial charge in [-0.2, -0.15) is 0 Å². The molecule has 0 bridgehead atoms. The Morgan fingerprint density at radius 2 is 2.12 bits per heavy atom. The predicted octanol–water partition coefficient (Wildman–Crippen LogP) is 3.47. The van der Waals surface area contributed by atoms with Gasteiger partial charge in [0.15, 0.2) is 5.78 Å². The van der Waals surface area contributed by atoms with Gasteiger partial charge < -0.3 is 0 Å². The van der Waals surface area contributed by atoms with Crippen molar-refractivity contribution in [3.8, 4) is 0 Å². The van der Waals surface area contributed by atoms with Gasteiger partial charge in [-0.25, -0.2) is 0 Å². The van der Waals surface area contributed by atoms with Crippen LogP contribution in [0.2, 0.25) is 5.02 Å². The second-order valence-electron chi connectivity index (χ2n) is 3.90. The van der Waals surface area contributed by atoms with Crippen LogP contribution in [0.15, 0.2) is 42.6 Å². The molecule has 0 aliphatic carbocycles. The van der Waals surface area contributed by atoms with E-state index in [4.69, 9.17) is 11.6 Å². The first kappa shape index (κ1) is 11.8. The molecule has 2 nitrogen and oxygen atoms in total. The van der Waals surface area contributed by atoms with Gasteiger partial charge in [-0.1, -0.05) is 29.8 Å². The Hall–Kier alpha value is -1.67. The molecule has 0 spiro atoms. The van der Waals surface area contributed by atoms with Crippen LogP contribution in [0.25, 0.3) is 0 Å². The van der Waals surface area contributed by atoms with E-state index in [1.165, 1.54) is 0 Å². The quantitative estimate of drug-likeness (QED) is 0.775. The first-order valence-electron chi connectivity index (χ1n) is 5.36. The van der Waals surface area contributed by atoms with Crippen molar-refractivity contribution in [2.24, 2.45) is 0 Å². The molecule has 17 heavy (non-hydrogen) atoms. The summed E-state index contributed by atoms with van der Waals surface area (Å²) in [5.74, 6) is 0.0189. The van der Waals surface area contributed by atoms with Crippen LogP contribution in [-0.2, 0) is 6.42 Å². The number of benzene rings is 1. The Balaban J connectivity index is 2.20. The van der Waals surface area contributed by atoms with E-state index in [0.29, 0.717) is 17.1 Å². The van der Waals surface area contributed by atoms with Gasteiger partial charge in [-0.05, 0) is 36.2 Å². The lowest BCUT2D eigenvalue weighted by atomic mass is 10.0. The van der Waals surface area contributed by atoms with Crippen molar-refractivity contribution in [2.45, 2.75) is 13.3 Å². The summed E-state index contributed by atoms with van der Waals surface area (Å²) < 4.78 is 0. The number of hydrogen-bond donors (Lipinski definition) is 0. The van der Waals surface area contributed by atoms with E-state index in [0.717, 1.165) is 11.1 Å². The van der Waals surface area contributed by atoms with Crippen LogP contribution in [-0.4, -0.2) is 10.8 Å². The van der Waals surface area contributed by atoms with E-state index in [9.17, 15) is 4.79 Å². The van der Waals surface area contributed by atoms with Crippen molar-refractivity contribution in [3.63, 3.8) is 0 Å². The number of ketones is 1. The molecule has 0 N–H and O–H groups in total. The Morgan fingerprint density at radius 3 is 2.82 bits per heavy atom. The third-order valence-corrected chi connectivity index (χ3v) is 2.76. The van der Waals surface area contributed by atoms with Crippen LogP contribution in [0, 0.1) is 6.92 Å². The monoisotopic (exact) mass is 245 g/mol. The number of carbonyl (C=O) groups is 1. The van der Waals surface area contributed by atoms with Gasteiger partial charge in [0.05, 0.1) is 0 Å². The molecule has 0 saturated carbocycles. The zero-order valence-electron chi connectivity index (χ0n) is 9.48. The highest BCUT2D eigenvalue weighted by Crippen LogP contribution is 2.13. The third kappa shape index (κ3) is 2.92. The number of pyridine rings is 1. The smallest absolute Gasteiger partial charge is 0.185 e. The van der Waals surface area contributed by atoms with Crippen molar-refractivity contribution in [1.82, 2.24) is 4.98 Å². The standard InChI is InChI=1S/C14H12ClNO/c1-10-4-3-7-16-14(10)13(17)9-11-5-2-6-12(15)8-11/h2-8H,9H2,1H3. The lowest BCUT2D eigenvalue weighted by Crippen LogP contribution is -2.07. The molecule has 1 heterocycles. The second-order valence-corrected chi connectivity index (χ2v) is 4.34. The van der Waals surface area contributed by atoms with Gasteiger partial charge in [0.2, 0.25) is 0 Å². The van der Waals surface area contributed by atoms with Crippen LogP contribution < -0.4 is 0 Å². The van der Waals surface area contributed by atoms with Gasteiger partial charge in [0.25, 0.3) is 0 Å². The van der Waals surface area contributed by atoms with E-state index >= 15 is 0 Å². The molecule has 0 saturated heterocycles. The minimum atomic E-state index is 0.0189. The Morgan fingerprint density at radius 1 is 1.29 bits per heavy atom. The van der Waals surface area contributed by atoms with Gasteiger partial charge >= 0.3 is 0 Å².